The van der Waals surface area contributed by atoms with Crippen LogP contribution in [0.1, 0.15) is 49.3 Å². The molecule has 0 atom stereocenters. The van der Waals surface area contributed by atoms with Gasteiger partial charge in [0.15, 0.2) is 0 Å². The second kappa shape index (κ2) is 5.83. The molecule has 0 spiro atoms. The maximum atomic E-state index is 4.31. The third-order valence-electron chi connectivity index (χ3n) is 3.27. The summed E-state index contributed by atoms with van der Waals surface area (Å²) in [5.41, 5.74) is 4.32. The molecule has 1 aromatic carbocycles. The molecule has 0 bridgehead atoms. The lowest BCUT2D eigenvalue weighted by Gasteiger charge is -2.11. The summed E-state index contributed by atoms with van der Waals surface area (Å²) in [6.45, 7) is 3.23. The van der Waals surface area contributed by atoms with E-state index in [9.17, 15) is 0 Å². The maximum absolute atomic E-state index is 4.31. The van der Waals surface area contributed by atoms with Crippen LogP contribution in [-0.4, -0.2) is 12.8 Å². The first kappa shape index (κ1) is 11.4. The molecule has 2 rings (SSSR count). The van der Waals surface area contributed by atoms with Crippen molar-refractivity contribution in [2.24, 2.45) is 4.99 Å². The average Bonchev–Trinajstić information content (AvgIpc) is 2.34. The predicted molar refractivity (Wildman–Crippen MR) is 70.5 cm³/mol. The van der Waals surface area contributed by atoms with Crippen LogP contribution in [0.25, 0.3) is 0 Å². The van der Waals surface area contributed by atoms with Gasteiger partial charge in [-0.05, 0) is 36.0 Å². The van der Waals surface area contributed by atoms with Crippen LogP contribution >= 0.6 is 0 Å². The second-order valence-corrected chi connectivity index (χ2v) is 4.63. The summed E-state index contributed by atoms with van der Waals surface area (Å²) in [4.78, 5) is 4.31. The van der Waals surface area contributed by atoms with Gasteiger partial charge < -0.3 is 0 Å². The van der Waals surface area contributed by atoms with E-state index in [0.29, 0.717) is 0 Å². The van der Waals surface area contributed by atoms with Crippen molar-refractivity contribution in [3.63, 3.8) is 0 Å². The van der Waals surface area contributed by atoms with Gasteiger partial charge >= 0.3 is 0 Å². The van der Waals surface area contributed by atoms with Gasteiger partial charge in [0.05, 0.1) is 0 Å². The van der Waals surface area contributed by atoms with Crippen LogP contribution in [0.5, 0.6) is 0 Å². The Morgan fingerprint density at radius 1 is 1.19 bits per heavy atom. The summed E-state index contributed by atoms with van der Waals surface area (Å²) in [7, 11) is 0. The highest BCUT2D eigenvalue weighted by atomic mass is 14.7. The van der Waals surface area contributed by atoms with Crippen molar-refractivity contribution in [3.8, 4) is 0 Å². The first-order valence-electron chi connectivity index (χ1n) is 6.52. The summed E-state index contributed by atoms with van der Waals surface area (Å²) in [6, 6.07) is 6.88. The molecule has 1 heterocycles. The quantitative estimate of drug-likeness (QED) is 0.663. The molecule has 1 nitrogen and oxygen atoms in total. The maximum Gasteiger partial charge on any atom is 0.0430 e. The SMILES string of the molecule is CCCCCCc1ccc2c(c1)CCN=C2. The molecule has 0 saturated carbocycles. The van der Waals surface area contributed by atoms with Crippen LogP contribution in [0.3, 0.4) is 0 Å². The molecule has 1 aliphatic heterocycles. The fourth-order valence-corrected chi connectivity index (χ4v) is 2.26. The van der Waals surface area contributed by atoms with E-state index in [4.69, 9.17) is 0 Å². The Balaban J connectivity index is 1.93. The van der Waals surface area contributed by atoms with Gasteiger partial charge in [0.25, 0.3) is 0 Å². The first-order valence-corrected chi connectivity index (χ1v) is 6.52. The first-order chi connectivity index (χ1) is 7.90. The van der Waals surface area contributed by atoms with E-state index in [-0.39, 0.29) is 0 Å². The zero-order valence-corrected chi connectivity index (χ0v) is 10.2. The molecule has 0 N–H and O–H groups in total. The van der Waals surface area contributed by atoms with Crippen molar-refractivity contribution >= 4 is 6.21 Å². The molecular weight excluding hydrogens is 194 g/mol. The van der Waals surface area contributed by atoms with Crippen LogP contribution in [-0.2, 0) is 12.8 Å². The van der Waals surface area contributed by atoms with Gasteiger partial charge in [-0.1, -0.05) is 44.4 Å². The van der Waals surface area contributed by atoms with Crippen LogP contribution in [0.15, 0.2) is 23.2 Å². The van der Waals surface area contributed by atoms with E-state index in [1.54, 1.807) is 0 Å². The molecule has 0 aliphatic carbocycles. The molecular formula is C15H21N. The van der Waals surface area contributed by atoms with Gasteiger partial charge in [-0.25, -0.2) is 0 Å². The number of fused-ring (bicyclic) bond motifs is 1. The molecule has 0 saturated heterocycles. The Kier molecular flexibility index (Phi) is 4.15. The lowest BCUT2D eigenvalue weighted by molar-refractivity contribution is 0.666. The molecule has 0 unspecified atom stereocenters. The summed E-state index contributed by atoms with van der Waals surface area (Å²) < 4.78 is 0. The minimum atomic E-state index is 0.965. The number of hydrogen-bond donors (Lipinski definition) is 0. The van der Waals surface area contributed by atoms with Crippen molar-refractivity contribution in [1.29, 1.82) is 0 Å². The molecule has 0 fully saturated rings. The molecule has 1 aliphatic rings. The van der Waals surface area contributed by atoms with Gasteiger partial charge in [0, 0.05) is 12.8 Å². The zero-order valence-electron chi connectivity index (χ0n) is 10.2. The van der Waals surface area contributed by atoms with E-state index in [1.165, 1.54) is 48.8 Å². The Morgan fingerprint density at radius 2 is 2.12 bits per heavy atom. The van der Waals surface area contributed by atoms with Crippen molar-refractivity contribution < 1.29 is 0 Å². The fraction of sp³-hybridized carbons (Fsp3) is 0.533. The molecule has 1 aromatic rings. The number of benzene rings is 1. The normalized spacial score (nSPS) is 13.8. The van der Waals surface area contributed by atoms with E-state index >= 15 is 0 Å². The zero-order chi connectivity index (χ0) is 11.2. The Labute approximate surface area is 98.6 Å². The number of rotatable bonds is 5. The highest BCUT2D eigenvalue weighted by Gasteiger charge is 2.05. The van der Waals surface area contributed by atoms with E-state index in [0.717, 1.165) is 13.0 Å². The minimum Gasteiger partial charge on any atom is -0.292 e. The fourth-order valence-electron chi connectivity index (χ4n) is 2.26. The number of unbranched alkanes of at least 4 members (excludes halogenated alkanes) is 3. The molecule has 0 aromatic heterocycles. The van der Waals surface area contributed by atoms with Crippen molar-refractivity contribution in [2.45, 2.75) is 45.4 Å². The van der Waals surface area contributed by atoms with Crippen LogP contribution < -0.4 is 0 Å². The summed E-state index contributed by atoms with van der Waals surface area (Å²) in [5.74, 6) is 0. The van der Waals surface area contributed by atoms with Gasteiger partial charge in [-0.3, -0.25) is 4.99 Å². The largest absolute Gasteiger partial charge is 0.292 e. The predicted octanol–water partition coefficient (Wildman–Crippen LogP) is 3.78. The number of hydrogen-bond acceptors (Lipinski definition) is 1. The van der Waals surface area contributed by atoms with Crippen LogP contribution in [0.4, 0.5) is 0 Å². The summed E-state index contributed by atoms with van der Waals surface area (Å²) in [5, 5.41) is 0. The minimum absolute atomic E-state index is 0.965. The summed E-state index contributed by atoms with van der Waals surface area (Å²) in [6.07, 6.45) is 9.77. The van der Waals surface area contributed by atoms with Crippen molar-refractivity contribution in [3.05, 3.63) is 34.9 Å². The number of aryl methyl sites for hydroxylation is 1. The lowest BCUT2D eigenvalue weighted by Crippen LogP contribution is -2.03. The Bertz CT molecular complexity index is 366. The second-order valence-electron chi connectivity index (χ2n) is 4.63. The topological polar surface area (TPSA) is 12.4 Å². The van der Waals surface area contributed by atoms with E-state index in [2.05, 4.69) is 30.1 Å². The summed E-state index contributed by atoms with van der Waals surface area (Å²) >= 11 is 0. The van der Waals surface area contributed by atoms with Crippen molar-refractivity contribution in [2.75, 3.05) is 6.54 Å². The van der Waals surface area contributed by atoms with E-state index < -0.39 is 0 Å². The highest BCUT2D eigenvalue weighted by molar-refractivity contribution is 5.82. The van der Waals surface area contributed by atoms with Crippen LogP contribution in [0.2, 0.25) is 0 Å². The van der Waals surface area contributed by atoms with E-state index in [1.807, 2.05) is 6.21 Å². The molecule has 0 amide bonds. The Morgan fingerprint density at radius 3 is 3.00 bits per heavy atom. The van der Waals surface area contributed by atoms with Gasteiger partial charge in [0.2, 0.25) is 0 Å². The molecule has 16 heavy (non-hydrogen) atoms. The standard InChI is InChI=1S/C15H21N/c1-2-3-4-5-6-13-7-8-15-12-16-10-9-14(15)11-13/h7-8,11-12H,2-6,9-10H2,1H3. The average molecular weight is 215 g/mol. The van der Waals surface area contributed by atoms with Gasteiger partial charge in [0.1, 0.15) is 0 Å². The molecule has 0 radical (unpaired) electrons. The number of nitrogens with zero attached hydrogens (tertiary/aromatic N) is 1. The molecule has 86 valence electrons. The smallest absolute Gasteiger partial charge is 0.0430 e. The van der Waals surface area contributed by atoms with Crippen molar-refractivity contribution in [1.82, 2.24) is 0 Å². The Hall–Kier alpha value is -1.11. The third-order valence-corrected chi connectivity index (χ3v) is 3.27. The number of aliphatic imine (C=N–C) groups is 1. The molecule has 1 heteroatoms. The highest BCUT2D eigenvalue weighted by Crippen LogP contribution is 2.16. The lowest BCUT2D eigenvalue weighted by atomic mass is 9.97. The van der Waals surface area contributed by atoms with Crippen LogP contribution in [0, 0.1) is 0 Å². The third kappa shape index (κ3) is 2.94. The van der Waals surface area contributed by atoms with Gasteiger partial charge in [-0.15, -0.1) is 0 Å². The monoisotopic (exact) mass is 215 g/mol. The van der Waals surface area contributed by atoms with Gasteiger partial charge in [-0.2, -0.15) is 0 Å².